The first-order valence-electron chi connectivity index (χ1n) is 8.95. The molecule has 0 fully saturated rings. The van der Waals surface area contributed by atoms with Crippen LogP contribution >= 0.6 is 0 Å². The number of ether oxygens (including phenoxy) is 4. The van der Waals surface area contributed by atoms with Gasteiger partial charge in [-0.3, -0.25) is 4.79 Å². The third-order valence-electron chi connectivity index (χ3n) is 2.98. The molecule has 156 valence electrons. The lowest BCUT2D eigenvalue weighted by molar-refractivity contribution is -0.155. The van der Waals surface area contributed by atoms with Gasteiger partial charge in [-0.2, -0.15) is 0 Å². The maximum absolute atomic E-state index is 12.7. The summed E-state index contributed by atoms with van der Waals surface area (Å²) in [7, 11) is 0. The Morgan fingerprint density at radius 2 is 1.54 bits per heavy atom. The lowest BCUT2D eigenvalue weighted by Gasteiger charge is -2.22. The van der Waals surface area contributed by atoms with Gasteiger partial charge in [-0.25, -0.2) is 9.59 Å². The highest BCUT2D eigenvalue weighted by Crippen LogP contribution is 2.20. The van der Waals surface area contributed by atoms with Crippen LogP contribution in [0.1, 0.15) is 41.0 Å². The Labute approximate surface area is 166 Å². The summed E-state index contributed by atoms with van der Waals surface area (Å²) < 4.78 is 20.8. The van der Waals surface area contributed by atoms with Crippen LogP contribution in [0.15, 0.2) is 48.3 Å². The van der Waals surface area contributed by atoms with E-state index >= 15 is 0 Å². The molecule has 0 spiro atoms. The van der Waals surface area contributed by atoms with E-state index < -0.39 is 35.7 Å². The molecule has 0 heterocycles. The molecule has 0 rings (SSSR count). The molecule has 0 atom stereocenters. The van der Waals surface area contributed by atoms with Crippen LogP contribution in [0.2, 0.25) is 0 Å². The maximum Gasteiger partial charge on any atom is 0.374 e. The Bertz CT molecular complexity index is 648. The standard InChI is InChI=1S/C21H30O7/c1-8-12-15(9-2)14-27-18(20(24)28-21(5,6)7)16(19(23)26-11-4)13-17(22)25-10-3/h8-9,12H,1-2,10-11,13-14H2,3-7H3/b15-12+,18-16+. The minimum Gasteiger partial charge on any atom is -0.481 e. The van der Waals surface area contributed by atoms with Crippen LogP contribution in [0.3, 0.4) is 0 Å². The average Bonchev–Trinajstić information content (AvgIpc) is 2.58. The van der Waals surface area contributed by atoms with E-state index in [1.165, 1.54) is 12.2 Å². The normalized spacial score (nSPS) is 12.4. The molecule has 0 radical (unpaired) electrons. The molecule has 28 heavy (non-hydrogen) atoms. The van der Waals surface area contributed by atoms with Crippen molar-refractivity contribution in [2.24, 2.45) is 0 Å². The molecule has 0 N–H and O–H groups in total. The molecule has 7 heteroatoms. The van der Waals surface area contributed by atoms with E-state index in [9.17, 15) is 14.4 Å². The highest BCUT2D eigenvalue weighted by Gasteiger charge is 2.30. The minimum absolute atomic E-state index is 0.0566. The van der Waals surface area contributed by atoms with Gasteiger partial charge in [-0.15, -0.1) is 0 Å². The molecule has 0 amide bonds. The Morgan fingerprint density at radius 3 is 2.00 bits per heavy atom. The smallest absolute Gasteiger partial charge is 0.374 e. The lowest BCUT2D eigenvalue weighted by Crippen LogP contribution is -2.28. The number of allylic oxidation sites excluding steroid dienone is 2. The van der Waals surface area contributed by atoms with Gasteiger partial charge in [0.1, 0.15) is 12.2 Å². The quantitative estimate of drug-likeness (QED) is 0.174. The van der Waals surface area contributed by atoms with Crippen LogP contribution in [-0.2, 0) is 33.3 Å². The Hall–Kier alpha value is -2.83. The van der Waals surface area contributed by atoms with Gasteiger partial charge in [0, 0.05) is 0 Å². The molecule has 0 aliphatic carbocycles. The summed E-state index contributed by atoms with van der Waals surface area (Å²) in [5.74, 6) is -2.84. The molecular weight excluding hydrogens is 364 g/mol. The van der Waals surface area contributed by atoms with Gasteiger partial charge in [0.15, 0.2) is 0 Å². The zero-order valence-corrected chi connectivity index (χ0v) is 17.3. The van der Waals surface area contributed by atoms with Crippen molar-refractivity contribution in [1.29, 1.82) is 0 Å². The predicted octanol–water partition coefficient (Wildman–Crippen LogP) is 3.41. The molecule has 0 aliphatic rings. The predicted molar refractivity (Wildman–Crippen MR) is 105 cm³/mol. The molecule has 0 aromatic heterocycles. The topological polar surface area (TPSA) is 88.1 Å². The van der Waals surface area contributed by atoms with Gasteiger partial charge in [0.2, 0.25) is 5.76 Å². The molecule has 7 nitrogen and oxygen atoms in total. The second-order valence-electron chi connectivity index (χ2n) is 6.48. The van der Waals surface area contributed by atoms with Crippen LogP contribution in [-0.4, -0.2) is 43.3 Å². The monoisotopic (exact) mass is 394 g/mol. The first-order chi connectivity index (χ1) is 13.1. The molecule has 0 aromatic carbocycles. The van der Waals surface area contributed by atoms with E-state index in [4.69, 9.17) is 18.9 Å². The van der Waals surface area contributed by atoms with E-state index in [0.29, 0.717) is 5.57 Å². The molecule has 0 aromatic rings. The van der Waals surface area contributed by atoms with Crippen molar-refractivity contribution in [1.82, 2.24) is 0 Å². The maximum atomic E-state index is 12.7. The van der Waals surface area contributed by atoms with Gasteiger partial charge in [-0.1, -0.05) is 31.4 Å². The van der Waals surface area contributed by atoms with Gasteiger partial charge >= 0.3 is 17.9 Å². The summed E-state index contributed by atoms with van der Waals surface area (Å²) >= 11 is 0. The van der Waals surface area contributed by atoms with Crippen molar-refractivity contribution < 1.29 is 33.3 Å². The van der Waals surface area contributed by atoms with Crippen LogP contribution in [0.5, 0.6) is 0 Å². The fraction of sp³-hybridized carbons (Fsp3) is 0.476. The van der Waals surface area contributed by atoms with E-state index in [2.05, 4.69) is 13.2 Å². The highest BCUT2D eigenvalue weighted by molar-refractivity contribution is 6.02. The summed E-state index contributed by atoms with van der Waals surface area (Å²) in [5, 5.41) is 0. The number of hydrogen-bond donors (Lipinski definition) is 0. The summed E-state index contributed by atoms with van der Waals surface area (Å²) in [5.41, 5.74) is -0.500. The Balaban J connectivity index is 6.11. The van der Waals surface area contributed by atoms with Crippen LogP contribution in [0.25, 0.3) is 0 Å². The minimum atomic E-state index is -0.887. The van der Waals surface area contributed by atoms with Gasteiger partial charge in [-0.05, 0) is 40.2 Å². The highest BCUT2D eigenvalue weighted by atomic mass is 16.6. The van der Waals surface area contributed by atoms with Gasteiger partial charge in [0.25, 0.3) is 0 Å². The van der Waals surface area contributed by atoms with Crippen molar-refractivity contribution in [3.05, 3.63) is 48.3 Å². The molecule has 0 aliphatic heterocycles. The van der Waals surface area contributed by atoms with E-state index in [0.717, 1.165) is 0 Å². The average molecular weight is 394 g/mol. The lowest BCUT2D eigenvalue weighted by atomic mass is 10.1. The third-order valence-corrected chi connectivity index (χ3v) is 2.98. The summed E-state index contributed by atoms with van der Waals surface area (Å²) in [6.07, 6.45) is 4.19. The fourth-order valence-electron chi connectivity index (χ4n) is 1.90. The SMILES string of the molecule is C=C/C=C(\C=C)CO/C(C(=O)OC(C)(C)C)=C(\CC(=O)OCC)C(=O)OCC. The van der Waals surface area contributed by atoms with Crippen LogP contribution < -0.4 is 0 Å². The first-order valence-corrected chi connectivity index (χ1v) is 8.95. The van der Waals surface area contributed by atoms with E-state index in [1.54, 1.807) is 40.7 Å². The van der Waals surface area contributed by atoms with Crippen LogP contribution in [0, 0.1) is 0 Å². The fourth-order valence-corrected chi connectivity index (χ4v) is 1.90. The molecule has 0 saturated heterocycles. The van der Waals surface area contributed by atoms with Gasteiger partial charge in [0.05, 0.1) is 25.2 Å². The van der Waals surface area contributed by atoms with Crippen molar-refractivity contribution in [2.75, 3.05) is 19.8 Å². The number of carbonyl (C=O) groups excluding carboxylic acids is 3. The zero-order valence-electron chi connectivity index (χ0n) is 17.3. The Morgan fingerprint density at radius 1 is 0.929 bits per heavy atom. The second-order valence-corrected chi connectivity index (χ2v) is 6.48. The second kappa shape index (κ2) is 12.5. The summed E-state index contributed by atoms with van der Waals surface area (Å²) in [6.45, 7) is 15.6. The van der Waals surface area contributed by atoms with E-state index in [-0.39, 0.29) is 25.4 Å². The number of esters is 3. The van der Waals surface area contributed by atoms with Crippen molar-refractivity contribution in [3.63, 3.8) is 0 Å². The molecular formula is C21H30O7. The third kappa shape index (κ3) is 9.75. The van der Waals surface area contributed by atoms with Crippen LogP contribution in [0.4, 0.5) is 0 Å². The molecule has 0 saturated carbocycles. The van der Waals surface area contributed by atoms with Gasteiger partial charge < -0.3 is 18.9 Å². The Kier molecular flexibility index (Phi) is 11.3. The molecule has 0 unspecified atom stereocenters. The number of rotatable bonds is 11. The zero-order chi connectivity index (χ0) is 21.7. The van der Waals surface area contributed by atoms with Crippen molar-refractivity contribution >= 4 is 17.9 Å². The summed E-state index contributed by atoms with van der Waals surface area (Å²) in [6, 6.07) is 0. The first kappa shape index (κ1) is 25.2. The number of hydrogen-bond acceptors (Lipinski definition) is 7. The van der Waals surface area contributed by atoms with E-state index in [1.807, 2.05) is 0 Å². The molecule has 0 bridgehead atoms. The summed E-state index contributed by atoms with van der Waals surface area (Å²) in [4.78, 5) is 37.0. The van der Waals surface area contributed by atoms with Crippen molar-refractivity contribution in [3.8, 4) is 0 Å². The largest absolute Gasteiger partial charge is 0.481 e. The number of carbonyl (C=O) groups is 3. The van der Waals surface area contributed by atoms with Crippen molar-refractivity contribution in [2.45, 2.75) is 46.6 Å².